The van der Waals surface area contributed by atoms with Crippen molar-refractivity contribution in [3.05, 3.63) is 0 Å². The molecule has 0 aliphatic rings. The van der Waals surface area contributed by atoms with Gasteiger partial charge >= 0.3 is 7.60 Å². The standard InChI is InChI=1S/C10H22NO5P/c1-3-5-7-10(6-4-2,17(14,15)16)9(13)11-8-12/h12H,3-8H2,1-2H3,(H,11,13)(H2,14,15,16). The summed E-state index contributed by atoms with van der Waals surface area (Å²) in [5.41, 5.74) is 0. The summed E-state index contributed by atoms with van der Waals surface area (Å²) in [4.78, 5) is 30.7. The number of carbonyl (C=O) groups excluding carboxylic acids is 1. The number of rotatable bonds is 8. The minimum absolute atomic E-state index is 0.114. The van der Waals surface area contributed by atoms with Crippen molar-refractivity contribution in [3.63, 3.8) is 0 Å². The molecule has 6 nitrogen and oxygen atoms in total. The molecule has 0 fully saturated rings. The highest BCUT2D eigenvalue weighted by molar-refractivity contribution is 7.54. The number of unbranched alkanes of at least 4 members (excludes halogenated alkanes) is 1. The Morgan fingerprint density at radius 1 is 1.24 bits per heavy atom. The summed E-state index contributed by atoms with van der Waals surface area (Å²) in [6.45, 7) is 3.04. The second kappa shape index (κ2) is 7.11. The van der Waals surface area contributed by atoms with Gasteiger partial charge in [-0.2, -0.15) is 0 Å². The largest absolute Gasteiger partial charge is 0.377 e. The maximum atomic E-state index is 11.8. The number of hydrogen-bond acceptors (Lipinski definition) is 3. The van der Waals surface area contributed by atoms with Gasteiger partial charge in [0.2, 0.25) is 5.91 Å². The molecule has 0 aliphatic heterocycles. The van der Waals surface area contributed by atoms with Crippen LogP contribution in [0.4, 0.5) is 0 Å². The van der Waals surface area contributed by atoms with Crippen LogP contribution >= 0.6 is 7.60 Å². The third kappa shape index (κ3) is 4.07. The molecule has 0 saturated carbocycles. The first-order valence-corrected chi connectivity index (χ1v) is 7.41. The molecule has 0 aromatic carbocycles. The van der Waals surface area contributed by atoms with Gasteiger partial charge in [-0.25, -0.2) is 0 Å². The van der Waals surface area contributed by atoms with Gasteiger partial charge in [-0.1, -0.05) is 33.1 Å². The first-order chi connectivity index (χ1) is 7.85. The second-order valence-electron chi connectivity index (χ2n) is 4.09. The first-order valence-electron chi connectivity index (χ1n) is 5.80. The first kappa shape index (κ1) is 16.6. The van der Waals surface area contributed by atoms with E-state index in [0.29, 0.717) is 12.8 Å². The zero-order valence-electron chi connectivity index (χ0n) is 10.3. The second-order valence-corrected chi connectivity index (χ2v) is 6.04. The van der Waals surface area contributed by atoms with Crippen molar-refractivity contribution in [2.24, 2.45) is 0 Å². The molecule has 1 unspecified atom stereocenters. The van der Waals surface area contributed by atoms with Gasteiger partial charge in [-0.05, 0) is 12.8 Å². The van der Waals surface area contributed by atoms with Gasteiger partial charge in [0.05, 0.1) is 0 Å². The molecule has 17 heavy (non-hydrogen) atoms. The van der Waals surface area contributed by atoms with Crippen LogP contribution in [0.1, 0.15) is 46.0 Å². The molecule has 0 aliphatic carbocycles. The van der Waals surface area contributed by atoms with E-state index in [0.717, 1.165) is 6.42 Å². The lowest BCUT2D eigenvalue weighted by Crippen LogP contribution is -2.46. The molecule has 1 amide bonds. The highest BCUT2D eigenvalue weighted by Gasteiger charge is 2.51. The van der Waals surface area contributed by atoms with Gasteiger partial charge in [0.1, 0.15) is 6.73 Å². The summed E-state index contributed by atoms with van der Waals surface area (Å²) < 4.78 is 11.6. The smallest absolute Gasteiger partial charge is 0.341 e. The van der Waals surface area contributed by atoms with Crippen molar-refractivity contribution in [3.8, 4) is 0 Å². The van der Waals surface area contributed by atoms with E-state index >= 15 is 0 Å². The highest BCUT2D eigenvalue weighted by atomic mass is 31.2. The summed E-state index contributed by atoms with van der Waals surface area (Å²) in [5, 5.41) is 9.09. The summed E-state index contributed by atoms with van der Waals surface area (Å²) in [6, 6.07) is 0. The van der Waals surface area contributed by atoms with E-state index in [-0.39, 0.29) is 12.8 Å². The van der Waals surface area contributed by atoms with Crippen molar-refractivity contribution >= 4 is 13.5 Å². The van der Waals surface area contributed by atoms with Crippen molar-refractivity contribution in [2.75, 3.05) is 6.73 Å². The number of hydrogen-bond donors (Lipinski definition) is 4. The topological polar surface area (TPSA) is 107 Å². The van der Waals surface area contributed by atoms with E-state index in [1.807, 2.05) is 6.92 Å². The highest BCUT2D eigenvalue weighted by Crippen LogP contribution is 2.55. The lowest BCUT2D eigenvalue weighted by atomic mass is 9.95. The lowest BCUT2D eigenvalue weighted by molar-refractivity contribution is -0.125. The molecule has 1 atom stereocenters. The van der Waals surface area contributed by atoms with Crippen LogP contribution in [0.25, 0.3) is 0 Å². The van der Waals surface area contributed by atoms with Gasteiger partial charge < -0.3 is 20.2 Å². The Morgan fingerprint density at radius 2 is 1.82 bits per heavy atom. The number of amides is 1. The zero-order chi connectivity index (χ0) is 13.5. The Balaban J connectivity index is 5.23. The summed E-state index contributed by atoms with van der Waals surface area (Å²) in [6.07, 6.45) is 2.05. The van der Waals surface area contributed by atoms with Crippen molar-refractivity contribution in [1.82, 2.24) is 5.32 Å². The van der Waals surface area contributed by atoms with Crippen LogP contribution in [0, 0.1) is 0 Å². The van der Waals surface area contributed by atoms with E-state index in [1.54, 1.807) is 6.92 Å². The monoisotopic (exact) mass is 267 g/mol. The van der Waals surface area contributed by atoms with Crippen molar-refractivity contribution < 1.29 is 24.3 Å². The molecule has 0 aromatic heterocycles. The van der Waals surface area contributed by atoms with E-state index in [9.17, 15) is 19.1 Å². The Bertz CT molecular complexity index is 290. The van der Waals surface area contributed by atoms with Gasteiger partial charge in [-0.3, -0.25) is 9.36 Å². The van der Waals surface area contributed by atoms with Gasteiger partial charge in [0.15, 0.2) is 5.16 Å². The molecule has 0 saturated heterocycles. The third-order valence-corrected chi connectivity index (χ3v) is 4.59. The number of carbonyl (C=O) groups is 1. The molecule has 0 rings (SSSR count). The molecule has 0 spiro atoms. The van der Waals surface area contributed by atoms with Gasteiger partial charge in [0, 0.05) is 0 Å². The Kier molecular flexibility index (Phi) is 6.94. The molecular formula is C10H22NO5P. The minimum atomic E-state index is -4.56. The van der Waals surface area contributed by atoms with E-state index < -0.39 is 25.4 Å². The maximum Gasteiger partial charge on any atom is 0.341 e. The molecule has 7 heteroatoms. The van der Waals surface area contributed by atoms with Crippen LogP contribution in [0.2, 0.25) is 0 Å². The van der Waals surface area contributed by atoms with E-state index in [1.165, 1.54) is 0 Å². The Labute approximate surface area is 102 Å². The quantitative estimate of drug-likeness (QED) is 0.387. The Hall–Kier alpha value is -0.420. The number of aliphatic hydroxyl groups excluding tert-OH is 1. The molecule has 0 radical (unpaired) electrons. The number of aliphatic hydroxyl groups is 1. The summed E-state index contributed by atoms with van der Waals surface area (Å²) in [7, 11) is -4.56. The van der Waals surface area contributed by atoms with E-state index in [2.05, 4.69) is 5.32 Å². The summed E-state index contributed by atoms with van der Waals surface area (Å²) >= 11 is 0. The van der Waals surface area contributed by atoms with Crippen LogP contribution in [-0.4, -0.2) is 32.7 Å². The number of nitrogens with one attached hydrogen (secondary N) is 1. The molecular weight excluding hydrogens is 245 g/mol. The summed E-state index contributed by atoms with van der Waals surface area (Å²) in [5.74, 6) is -0.761. The van der Waals surface area contributed by atoms with E-state index in [4.69, 9.17) is 5.11 Å². The van der Waals surface area contributed by atoms with Crippen molar-refractivity contribution in [2.45, 2.75) is 51.1 Å². The van der Waals surface area contributed by atoms with Crippen LogP contribution in [0.3, 0.4) is 0 Å². The molecule has 0 aromatic rings. The SMILES string of the molecule is CCCCC(CCC)(C(=O)NCO)P(=O)(O)O. The zero-order valence-corrected chi connectivity index (χ0v) is 11.2. The predicted octanol–water partition coefficient (Wildman–Crippen LogP) is 0.959. The fourth-order valence-electron chi connectivity index (χ4n) is 1.89. The average molecular weight is 267 g/mol. The molecule has 102 valence electrons. The maximum absolute atomic E-state index is 11.8. The van der Waals surface area contributed by atoms with Crippen LogP contribution in [0.5, 0.6) is 0 Å². The normalized spacial score (nSPS) is 15.4. The van der Waals surface area contributed by atoms with Crippen molar-refractivity contribution in [1.29, 1.82) is 0 Å². The molecule has 0 bridgehead atoms. The fraction of sp³-hybridized carbons (Fsp3) is 0.900. The third-order valence-electron chi connectivity index (χ3n) is 2.83. The predicted molar refractivity (Wildman–Crippen MR) is 64.4 cm³/mol. The average Bonchev–Trinajstić information content (AvgIpc) is 2.22. The van der Waals surface area contributed by atoms with Crippen LogP contribution in [0.15, 0.2) is 0 Å². The lowest BCUT2D eigenvalue weighted by Gasteiger charge is -2.32. The fourth-order valence-corrected chi connectivity index (χ4v) is 3.20. The van der Waals surface area contributed by atoms with Gasteiger partial charge in [0.25, 0.3) is 0 Å². The molecule has 0 heterocycles. The Morgan fingerprint density at radius 3 is 2.18 bits per heavy atom. The van der Waals surface area contributed by atoms with Crippen LogP contribution < -0.4 is 5.32 Å². The van der Waals surface area contributed by atoms with Gasteiger partial charge in [-0.15, -0.1) is 0 Å². The molecule has 4 N–H and O–H groups in total. The minimum Gasteiger partial charge on any atom is -0.377 e. The van der Waals surface area contributed by atoms with Crippen LogP contribution in [-0.2, 0) is 9.36 Å².